The van der Waals surface area contributed by atoms with Crippen molar-refractivity contribution in [3.8, 4) is 0 Å². The molecule has 0 fully saturated rings. The first-order valence-corrected chi connectivity index (χ1v) is 6.15. The van der Waals surface area contributed by atoms with Crippen LogP contribution in [0.15, 0.2) is 35.8 Å². The van der Waals surface area contributed by atoms with Gasteiger partial charge in [-0.25, -0.2) is 0 Å². The van der Waals surface area contributed by atoms with Crippen LogP contribution in [-0.2, 0) is 9.47 Å². The van der Waals surface area contributed by atoms with E-state index in [0.29, 0.717) is 11.8 Å². The molecule has 0 bridgehead atoms. The molecule has 1 atom stereocenters. The van der Waals surface area contributed by atoms with Crippen molar-refractivity contribution in [2.45, 2.75) is 27.7 Å². The second kappa shape index (κ2) is 5.44. The van der Waals surface area contributed by atoms with Crippen LogP contribution in [0, 0.1) is 17.3 Å². The minimum Gasteiger partial charge on any atom is -0.493 e. The lowest BCUT2D eigenvalue weighted by Crippen LogP contribution is -2.24. The number of ether oxygens (including phenoxy) is 2. The van der Waals surface area contributed by atoms with Crippen molar-refractivity contribution in [2.75, 3.05) is 14.2 Å². The molecular formula is C15H24O2. The SMILES string of the molecule is COC1=C(OC)C=CC(C)(C(C)C(C)C)C=C1. The zero-order chi connectivity index (χ0) is 13.1. The molecule has 0 spiro atoms. The van der Waals surface area contributed by atoms with Gasteiger partial charge in [0.25, 0.3) is 0 Å². The summed E-state index contributed by atoms with van der Waals surface area (Å²) in [6, 6.07) is 0. The van der Waals surface area contributed by atoms with E-state index >= 15 is 0 Å². The summed E-state index contributed by atoms with van der Waals surface area (Å²) in [7, 11) is 3.34. The Morgan fingerprint density at radius 1 is 0.941 bits per heavy atom. The molecule has 96 valence electrons. The van der Waals surface area contributed by atoms with Crippen LogP contribution in [0.4, 0.5) is 0 Å². The molecule has 1 aliphatic carbocycles. The molecule has 1 unspecified atom stereocenters. The molecule has 0 amide bonds. The first-order chi connectivity index (χ1) is 7.94. The first-order valence-electron chi connectivity index (χ1n) is 6.15. The summed E-state index contributed by atoms with van der Waals surface area (Å²) >= 11 is 0. The van der Waals surface area contributed by atoms with Crippen LogP contribution in [-0.4, -0.2) is 14.2 Å². The molecule has 0 N–H and O–H groups in total. The molecule has 0 saturated carbocycles. The van der Waals surface area contributed by atoms with E-state index in [4.69, 9.17) is 9.47 Å². The third kappa shape index (κ3) is 2.93. The summed E-state index contributed by atoms with van der Waals surface area (Å²) < 4.78 is 10.6. The number of rotatable bonds is 4. The van der Waals surface area contributed by atoms with E-state index in [0.717, 1.165) is 11.5 Å². The summed E-state index contributed by atoms with van der Waals surface area (Å²) in [5.74, 6) is 2.75. The molecule has 1 aliphatic rings. The first kappa shape index (κ1) is 13.9. The quantitative estimate of drug-likeness (QED) is 0.736. The highest BCUT2D eigenvalue weighted by Gasteiger charge is 2.29. The highest BCUT2D eigenvalue weighted by Crippen LogP contribution is 2.38. The maximum atomic E-state index is 5.32. The van der Waals surface area contributed by atoms with Crippen LogP contribution < -0.4 is 0 Å². The Labute approximate surface area is 105 Å². The van der Waals surface area contributed by atoms with Crippen molar-refractivity contribution in [1.29, 1.82) is 0 Å². The van der Waals surface area contributed by atoms with Gasteiger partial charge in [0.1, 0.15) is 0 Å². The predicted molar refractivity (Wildman–Crippen MR) is 71.4 cm³/mol. The van der Waals surface area contributed by atoms with Gasteiger partial charge in [0.15, 0.2) is 11.5 Å². The fraction of sp³-hybridized carbons (Fsp3) is 0.600. The predicted octanol–water partition coefficient (Wildman–Crippen LogP) is 3.92. The van der Waals surface area contributed by atoms with E-state index in [1.54, 1.807) is 14.2 Å². The van der Waals surface area contributed by atoms with E-state index in [9.17, 15) is 0 Å². The molecule has 0 saturated heterocycles. The van der Waals surface area contributed by atoms with Gasteiger partial charge < -0.3 is 9.47 Å². The van der Waals surface area contributed by atoms with Crippen molar-refractivity contribution in [3.05, 3.63) is 35.8 Å². The second-order valence-electron chi connectivity index (χ2n) is 5.20. The number of methoxy groups -OCH3 is 2. The summed E-state index contributed by atoms with van der Waals surface area (Å²) in [5, 5.41) is 0. The van der Waals surface area contributed by atoms with Crippen LogP contribution in [0.3, 0.4) is 0 Å². The third-order valence-corrected chi connectivity index (χ3v) is 3.85. The molecule has 0 aliphatic heterocycles. The molecule has 0 aromatic heterocycles. The van der Waals surface area contributed by atoms with Gasteiger partial charge >= 0.3 is 0 Å². The Hall–Kier alpha value is -1.18. The number of allylic oxidation sites excluding steroid dienone is 4. The van der Waals surface area contributed by atoms with Gasteiger partial charge in [-0.15, -0.1) is 0 Å². The largest absolute Gasteiger partial charge is 0.493 e. The molecule has 0 radical (unpaired) electrons. The molecule has 2 heteroatoms. The minimum atomic E-state index is 0.0399. The molecule has 0 heterocycles. The molecule has 2 nitrogen and oxygen atoms in total. The molecular weight excluding hydrogens is 212 g/mol. The van der Waals surface area contributed by atoms with Crippen LogP contribution in [0.5, 0.6) is 0 Å². The minimum absolute atomic E-state index is 0.0399. The van der Waals surface area contributed by atoms with Gasteiger partial charge in [0.2, 0.25) is 0 Å². The van der Waals surface area contributed by atoms with E-state index in [-0.39, 0.29) is 5.41 Å². The van der Waals surface area contributed by atoms with Gasteiger partial charge in [-0.1, -0.05) is 39.8 Å². The fourth-order valence-corrected chi connectivity index (χ4v) is 2.09. The smallest absolute Gasteiger partial charge is 0.160 e. The molecule has 1 rings (SSSR count). The van der Waals surface area contributed by atoms with E-state index in [1.807, 2.05) is 12.2 Å². The Balaban J connectivity index is 3.06. The highest BCUT2D eigenvalue weighted by atomic mass is 16.5. The van der Waals surface area contributed by atoms with Crippen molar-refractivity contribution >= 4 is 0 Å². The summed E-state index contributed by atoms with van der Waals surface area (Å²) in [4.78, 5) is 0. The Morgan fingerprint density at radius 2 is 1.35 bits per heavy atom. The molecule has 17 heavy (non-hydrogen) atoms. The lowest BCUT2D eigenvalue weighted by Gasteiger charge is -2.32. The normalized spacial score (nSPS) is 20.4. The van der Waals surface area contributed by atoms with Crippen molar-refractivity contribution in [3.63, 3.8) is 0 Å². The zero-order valence-electron chi connectivity index (χ0n) is 11.8. The van der Waals surface area contributed by atoms with Crippen LogP contribution in [0.2, 0.25) is 0 Å². The number of hydrogen-bond donors (Lipinski definition) is 0. The maximum Gasteiger partial charge on any atom is 0.160 e. The maximum absolute atomic E-state index is 5.32. The zero-order valence-corrected chi connectivity index (χ0v) is 11.8. The molecule has 0 aromatic rings. The van der Waals surface area contributed by atoms with Crippen molar-refractivity contribution in [2.24, 2.45) is 17.3 Å². The third-order valence-electron chi connectivity index (χ3n) is 3.85. The monoisotopic (exact) mass is 236 g/mol. The second-order valence-corrected chi connectivity index (χ2v) is 5.20. The highest BCUT2D eigenvalue weighted by molar-refractivity contribution is 5.32. The molecule has 0 aromatic carbocycles. The summed E-state index contributed by atoms with van der Waals surface area (Å²) in [6.07, 6.45) is 8.44. The Morgan fingerprint density at radius 3 is 1.65 bits per heavy atom. The average Bonchev–Trinajstić information content (AvgIpc) is 2.47. The van der Waals surface area contributed by atoms with Crippen molar-refractivity contribution < 1.29 is 9.47 Å². The number of hydrogen-bond acceptors (Lipinski definition) is 2. The van der Waals surface area contributed by atoms with E-state index < -0.39 is 0 Å². The van der Waals surface area contributed by atoms with Gasteiger partial charge in [-0.3, -0.25) is 0 Å². The van der Waals surface area contributed by atoms with Gasteiger partial charge in [0.05, 0.1) is 14.2 Å². The van der Waals surface area contributed by atoms with Gasteiger partial charge in [0, 0.05) is 5.41 Å². The lowest BCUT2D eigenvalue weighted by atomic mass is 9.72. The van der Waals surface area contributed by atoms with Gasteiger partial charge in [-0.05, 0) is 24.0 Å². The Kier molecular flexibility index (Phi) is 4.44. The standard InChI is InChI=1S/C15H24O2/c1-11(2)12(3)15(4)9-7-13(16-5)14(17-6)8-10-15/h7-12H,1-6H3. The van der Waals surface area contributed by atoms with Crippen LogP contribution in [0.25, 0.3) is 0 Å². The van der Waals surface area contributed by atoms with Crippen LogP contribution in [0.1, 0.15) is 27.7 Å². The average molecular weight is 236 g/mol. The van der Waals surface area contributed by atoms with Gasteiger partial charge in [-0.2, -0.15) is 0 Å². The van der Waals surface area contributed by atoms with E-state index in [1.165, 1.54) is 0 Å². The van der Waals surface area contributed by atoms with Crippen LogP contribution >= 0.6 is 0 Å². The lowest BCUT2D eigenvalue weighted by molar-refractivity contribution is 0.242. The Bertz CT molecular complexity index is 324. The fourth-order valence-electron chi connectivity index (χ4n) is 2.09. The summed E-state index contributed by atoms with van der Waals surface area (Å²) in [5.41, 5.74) is 0.0399. The summed E-state index contributed by atoms with van der Waals surface area (Å²) in [6.45, 7) is 9.04. The van der Waals surface area contributed by atoms with E-state index in [2.05, 4.69) is 39.8 Å². The topological polar surface area (TPSA) is 18.5 Å². The van der Waals surface area contributed by atoms with Crippen molar-refractivity contribution in [1.82, 2.24) is 0 Å².